The summed E-state index contributed by atoms with van der Waals surface area (Å²) >= 11 is 18.2. The molecule has 25 heavy (non-hydrogen) atoms. The zero-order valence-electron chi connectivity index (χ0n) is 16.7. The van der Waals surface area contributed by atoms with Crippen LogP contribution in [0.25, 0.3) is 0 Å². The molecule has 0 bridgehead atoms. The van der Waals surface area contributed by atoms with E-state index in [0.717, 1.165) is 36.3 Å². The summed E-state index contributed by atoms with van der Waals surface area (Å²) in [5.41, 5.74) is 0. The van der Waals surface area contributed by atoms with Crippen LogP contribution in [0.5, 0.6) is 0 Å². The van der Waals surface area contributed by atoms with Crippen LogP contribution < -0.4 is 0 Å². The van der Waals surface area contributed by atoms with Crippen LogP contribution in [0.15, 0.2) is 0 Å². The number of hydrogen-bond donors (Lipinski definition) is 0. The summed E-state index contributed by atoms with van der Waals surface area (Å²) in [4.78, 5) is 0. The third-order valence-corrected chi connectivity index (χ3v) is 19.7. The van der Waals surface area contributed by atoms with Gasteiger partial charge in [-0.2, -0.15) is 0 Å². The molecule has 0 amide bonds. The summed E-state index contributed by atoms with van der Waals surface area (Å²) in [6.07, 6.45) is 0.432. The second-order valence-electron chi connectivity index (χ2n) is 6.47. The molecule has 0 unspecified atom stereocenters. The molecule has 0 heterocycles. The number of hydrogen-bond acceptors (Lipinski definition) is 3. The third kappa shape index (κ3) is 11.3. The maximum Gasteiger partial charge on any atom is 0.469 e. The highest BCUT2D eigenvalue weighted by Crippen LogP contribution is 2.36. The van der Waals surface area contributed by atoms with Gasteiger partial charge in [0.15, 0.2) is 30.9 Å². The lowest BCUT2D eigenvalue weighted by molar-refractivity contribution is 0.259. The van der Waals surface area contributed by atoms with E-state index in [1.165, 1.54) is 0 Å². The van der Waals surface area contributed by atoms with Crippen LogP contribution in [0.2, 0.25) is 42.3 Å². The second kappa shape index (κ2) is 13.7. The van der Waals surface area contributed by atoms with Gasteiger partial charge in [-0.3, -0.25) is 0 Å². The molecule has 0 atom stereocenters. The average molecular weight is 484 g/mol. The Morgan fingerprint density at radius 2 is 0.920 bits per heavy atom. The zero-order valence-corrected chi connectivity index (χ0v) is 23.5. The van der Waals surface area contributed by atoms with E-state index in [4.69, 9.17) is 47.1 Å². The predicted molar refractivity (Wildman–Crippen MR) is 123 cm³/mol. The first-order valence-corrected chi connectivity index (χ1v) is 19.2. The quantitative estimate of drug-likeness (QED) is 0.223. The van der Waals surface area contributed by atoms with Crippen molar-refractivity contribution in [3.63, 3.8) is 0 Å². The van der Waals surface area contributed by atoms with E-state index in [1.807, 2.05) is 0 Å². The molecule has 0 rings (SSSR count). The summed E-state index contributed by atoms with van der Waals surface area (Å²) in [5, 5.41) is 0. The molecule has 0 radical (unpaired) electrons. The van der Waals surface area contributed by atoms with Crippen LogP contribution >= 0.6 is 34.8 Å². The molecule has 0 N–H and O–H groups in total. The molecule has 0 aromatic rings. The van der Waals surface area contributed by atoms with Gasteiger partial charge in [-0.1, -0.05) is 76.3 Å². The molecule has 0 aliphatic rings. The Kier molecular flexibility index (Phi) is 14.6. The van der Waals surface area contributed by atoms with Gasteiger partial charge in [0.25, 0.3) is 0 Å². The SMILES string of the molecule is CC[SiH](CC)O[Si](CCC(Cl)(Cl)Cl)(O[SiH](CC)CC)O[SiH](CC)CC. The van der Waals surface area contributed by atoms with Crippen molar-refractivity contribution in [1.82, 2.24) is 0 Å². The number of rotatable bonds is 14. The van der Waals surface area contributed by atoms with Crippen molar-refractivity contribution in [3.8, 4) is 0 Å². The summed E-state index contributed by atoms with van der Waals surface area (Å²) in [6, 6.07) is 7.13. The fraction of sp³-hybridized carbons (Fsp3) is 1.00. The van der Waals surface area contributed by atoms with Crippen molar-refractivity contribution in [2.45, 2.75) is 94.1 Å². The van der Waals surface area contributed by atoms with Gasteiger partial charge in [-0.15, -0.1) is 0 Å². The number of alkyl halides is 3. The summed E-state index contributed by atoms with van der Waals surface area (Å²) in [6.45, 7) is 13.2. The molecular formula is C15H37Cl3O3Si4. The Balaban J connectivity index is 5.62. The molecule has 0 spiro atoms. The Morgan fingerprint density at radius 3 is 1.12 bits per heavy atom. The first-order chi connectivity index (χ1) is 11.7. The summed E-state index contributed by atoms with van der Waals surface area (Å²) < 4.78 is 18.9. The van der Waals surface area contributed by atoms with Crippen LogP contribution in [0, 0.1) is 0 Å². The Labute approximate surface area is 176 Å². The van der Waals surface area contributed by atoms with Gasteiger partial charge in [0, 0.05) is 6.04 Å². The van der Waals surface area contributed by atoms with Crippen molar-refractivity contribution in [1.29, 1.82) is 0 Å². The van der Waals surface area contributed by atoms with Crippen LogP contribution in [0.3, 0.4) is 0 Å². The van der Waals surface area contributed by atoms with Gasteiger partial charge in [0.05, 0.1) is 0 Å². The lowest BCUT2D eigenvalue weighted by Gasteiger charge is -2.39. The van der Waals surface area contributed by atoms with Crippen LogP contribution in [0.1, 0.15) is 48.0 Å². The first-order valence-electron chi connectivity index (χ1n) is 9.79. The average Bonchev–Trinajstić information content (AvgIpc) is 2.59. The lowest BCUT2D eigenvalue weighted by Crippen LogP contribution is -2.55. The Bertz CT molecular complexity index is 300. The highest BCUT2D eigenvalue weighted by atomic mass is 35.6. The lowest BCUT2D eigenvalue weighted by atomic mass is 10.6. The summed E-state index contributed by atoms with van der Waals surface area (Å²) in [7, 11) is -6.80. The molecule has 3 nitrogen and oxygen atoms in total. The molecule has 0 saturated carbocycles. The van der Waals surface area contributed by atoms with Crippen molar-refractivity contribution >= 4 is 70.7 Å². The molecule has 0 fully saturated rings. The van der Waals surface area contributed by atoms with E-state index < -0.39 is 39.7 Å². The molecule has 0 aliphatic heterocycles. The molecular weight excluding hydrogens is 447 g/mol. The molecule has 0 saturated heterocycles. The molecule has 10 heteroatoms. The maximum atomic E-state index is 6.73. The van der Waals surface area contributed by atoms with E-state index in [0.29, 0.717) is 12.5 Å². The molecule has 0 aliphatic carbocycles. The zero-order chi connectivity index (χ0) is 19.5. The predicted octanol–water partition coefficient (Wildman–Crippen LogP) is 6.03. The van der Waals surface area contributed by atoms with Gasteiger partial charge in [0.1, 0.15) is 0 Å². The van der Waals surface area contributed by atoms with Crippen molar-refractivity contribution < 1.29 is 12.3 Å². The molecule has 152 valence electrons. The molecule has 0 aromatic carbocycles. The fourth-order valence-corrected chi connectivity index (χ4v) is 19.5. The van der Waals surface area contributed by atoms with E-state index in [-0.39, 0.29) is 0 Å². The highest BCUT2D eigenvalue weighted by molar-refractivity contribution is 6.81. The van der Waals surface area contributed by atoms with E-state index in [2.05, 4.69) is 41.5 Å². The van der Waals surface area contributed by atoms with Crippen LogP contribution in [0.4, 0.5) is 0 Å². The normalized spacial score (nSPS) is 13.4. The third-order valence-electron chi connectivity index (χ3n) is 4.49. The van der Waals surface area contributed by atoms with E-state index >= 15 is 0 Å². The maximum absolute atomic E-state index is 6.73. The Morgan fingerprint density at radius 1 is 0.640 bits per heavy atom. The smallest absolute Gasteiger partial charge is 0.419 e. The monoisotopic (exact) mass is 482 g/mol. The second-order valence-corrected chi connectivity index (χ2v) is 22.3. The number of halogens is 3. The van der Waals surface area contributed by atoms with E-state index in [1.54, 1.807) is 0 Å². The largest absolute Gasteiger partial charge is 0.469 e. The van der Waals surface area contributed by atoms with Crippen LogP contribution in [-0.2, 0) is 12.3 Å². The summed E-state index contributed by atoms with van der Waals surface area (Å²) in [5.74, 6) is 0. The van der Waals surface area contributed by atoms with Gasteiger partial charge < -0.3 is 12.3 Å². The van der Waals surface area contributed by atoms with Gasteiger partial charge in [-0.05, 0) is 42.7 Å². The Hall–Kier alpha value is 1.62. The first kappa shape index (κ1) is 26.6. The minimum absolute atomic E-state index is 0.432. The van der Waals surface area contributed by atoms with Crippen molar-refractivity contribution in [2.75, 3.05) is 0 Å². The van der Waals surface area contributed by atoms with Crippen LogP contribution in [-0.4, -0.2) is 39.7 Å². The van der Waals surface area contributed by atoms with Gasteiger partial charge in [0.2, 0.25) is 0 Å². The van der Waals surface area contributed by atoms with E-state index in [9.17, 15) is 0 Å². The minimum atomic E-state index is -2.79. The van der Waals surface area contributed by atoms with Crippen molar-refractivity contribution in [2.24, 2.45) is 0 Å². The van der Waals surface area contributed by atoms with Crippen molar-refractivity contribution in [3.05, 3.63) is 0 Å². The topological polar surface area (TPSA) is 27.7 Å². The minimum Gasteiger partial charge on any atom is -0.419 e. The van der Waals surface area contributed by atoms with Gasteiger partial charge in [-0.25, -0.2) is 0 Å². The highest BCUT2D eigenvalue weighted by Gasteiger charge is 2.46. The van der Waals surface area contributed by atoms with Gasteiger partial charge >= 0.3 is 8.80 Å². The standard InChI is InChI=1S/C15H37Cl3O3Si4/c1-7-22(8-2)19-25(14-13-15(16,17)18,20-23(9-3)10-4)21-24(11-5)12-6/h22-24H,7-14H2,1-6H3. The molecule has 0 aromatic heterocycles. The fourth-order valence-electron chi connectivity index (χ4n) is 2.68.